The standard InChI is InChI=1S/C8H14O2S/c1-11(10)6-7-4-2-3-5-8(7)9/h7H,2-6H2,1H3. The van der Waals surface area contributed by atoms with Gasteiger partial charge >= 0.3 is 0 Å². The molecular weight excluding hydrogens is 160 g/mol. The molecule has 0 aromatic rings. The van der Waals surface area contributed by atoms with Gasteiger partial charge in [-0.2, -0.15) is 0 Å². The molecule has 0 radical (unpaired) electrons. The van der Waals surface area contributed by atoms with Crippen molar-refractivity contribution in [2.75, 3.05) is 12.0 Å². The van der Waals surface area contributed by atoms with Crippen LogP contribution in [0.4, 0.5) is 0 Å². The first-order chi connectivity index (χ1) is 5.20. The number of hydrogen-bond donors (Lipinski definition) is 0. The zero-order valence-electron chi connectivity index (χ0n) is 6.84. The summed E-state index contributed by atoms with van der Waals surface area (Å²) in [5.74, 6) is 1.01. The van der Waals surface area contributed by atoms with E-state index in [1.165, 1.54) is 0 Å². The SMILES string of the molecule is CS(=O)CC1CCCCC1=O. The minimum absolute atomic E-state index is 0.106. The highest BCUT2D eigenvalue weighted by Gasteiger charge is 2.22. The lowest BCUT2D eigenvalue weighted by molar-refractivity contribution is -0.123. The van der Waals surface area contributed by atoms with E-state index < -0.39 is 10.8 Å². The third kappa shape index (κ3) is 2.73. The molecule has 1 saturated carbocycles. The van der Waals surface area contributed by atoms with Crippen LogP contribution in [0.5, 0.6) is 0 Å². The van der Waals surface area contributed by atoms with Crippen molar-refractivity contribution in [1.29, 1.82) is 0 Å². The summed E-state index contributed by atoms with van der Waals surface area (Å²) >= 11 is 0. The number of hydrogen-bond acceptors (Lipinski definition) is 2. The molecule has 3 heteroatoms. The molecule has 0 aromatic heterocycles. The van der Waals surface area contributed by atoms with Gasteiger partial charge in [0.15, 0.2) is 0 Å². The van der Waals surface area contributed by atoms with Crippen LogP contribution in [0.3, 0.4) is 0 Å². The van der Waals surface area contributed by atoms with Crippen molar-refractivity contribution in [3.05, 3.63) is 0 Å². The fourth-order valence-electron chi connectivity index (χ4n) is 1.51. The zero-order valence-corrected chi connectivity index (χ0v) is 7.65. The molecule has 0 N–H and O–H groups in total. The molecule has 0 aliphatic heterocycles. The van der Waals surface area contributed by atoms with Gasteiger partial charge in [-0.25, -0.2) is 0 Å². The van der Waals surface area contributed by atoms with E-state index in [9.17, 15) is 9.00 Å². The molecule has 1 fully saturated rings. The first-order valence-corrected chi connectivity index (χ1v) is 5.75. The molecule has 64 valence electrons. The van der Waals surface area contributed by atoms with Crippen molar-refractivity contribution < 1.29 is 9.00 Å². The molecule has 0 aromatic carbocycles. The highest BCUT2D eigenvalue weighted by atomic mass is 32.2. The predicted octanol–water partition coefficient (Wildman–Crippen LogP) is 1.12. The first-order valence-electron chi connectivity index (χ1n) is 4.03. The molecule has 0 bridgehead atoms. The van der Waals surface area contributed by atoms with Crippen molar-refractivity contribution in [3.8, 4) is 0 Å². The van der Waals surface area contributed by atoms with Crippen LogP contribution in [0.25, 0.3) is 0 Å². The number of carbonyl (C=O) groups excluding carboxylic acids is 1. The Hall–Kier alpha value is -0.180. The van der Waals surface area contributed by atoms with E-state index in [-0.39, 0.29) is 5.92 Å². The summed E-state index contributed by atoms with van der Waals surface area (Å²) in [4.78, 5) is 11.2. The highest BCUT2D eigenvalue weighted by Crippen LogP contribution is 2.20. The van der Waals surface area contributed by atoms with Gasteiger partial charge in [-0.1, -0.05) is 6.42 Å². The van der Waals surface area contributed by atoms with Gasteiger partial charge in [0.2, 0.25) is 0 Å². The topological polar surface area (TPSA) is 34.1 Å². The van der Waals surface area contributed by atoms with Crippen LogP contribution >= 0.6 is 0 Å². The van der Waals surface area contributed by atoms with Crippen molar-refractivity contribution in [1.82, 2.24) is 0 Å². The number of ketones is 1. The van der Waals surface area contributed by atoms with E-state index in [1.807, 2.05) is 0 Å². The molecule has 1 aliphatic carbocycles. The average molecular weight is 174 g/mol. The Morgan fingerprint density at radius 1 is 1.55 bits per heavy atom. The van der Waals surface area contributed by atoms with Gasteiger partial charge in [0.1, 0.15) is 5.78 Å². The Labute approximate surface area is 69.8 Å². The van der Waals surface area contributed by atoms with Crippen LogP contribution in [-0.2, 0) is 15.6 Å². The van der Waals surface area contributed by atoms with Gasteiger partial charge in [0.25, 0.3) is 0 Å². The van der Waals surface area contributed by atoms with Crippen molar-refractivity contribution in [3.63, 3.8) is 0 Å². The molecular formula is C8H14O2S. The summed E-state index contributed by atoms with van der Waals surface area (Å²) < 4.78 is 10.8. The van der Waals surface area contributed by atoms with Crippen LogP contribution in [0.15, 0.2) is 0 Å². The quantitative estimate of drug-likeness (QED) is 0.628. The monoisotopic (exact) mass is 174 g/mol. The lowest BCUT2D eigenvalue weighted by Gasteiger charge is -2.18. The Kier molecular flexibility index (Phi) is 3.24. The second-order valence-electron chi connectivity index (χ2n) is 3.15. The molecule has 1 rings (SSSR count). The average Bonchev–Trinajstić information content (AvgIpc) is 1.93. The van der Waals surface area contributed by atoms with Gasteiger partial charge in [0, 0.05) is 35.1 Å². The molecule has 0 heterocycles. The van der Waals surface area contributed by atoms with Gasteiger partial charge in [-0.3, -0.25) is 9.00 Å². The largest absolute Gasteiger partial charge is 0.299 e. The molecule has 0 spiro atoms. The maximum atomic E-state index is 11.2. The molecule has 0 saturated heterocycles. The van der Waals surface area contributed by atoms with Gasteiger partial charge in [0.05, 0.1) is 0 Å². The fourth-order valence-corrected chi connectivity index (χ4v) is 2.43. The molecule has 2 atom stereocenters. The Morgan fingerprint density at radius 2 is 2.27 bits per heavy atom. The fraction of sp³-hybridized carbons (Fsp3) is 0.875. The van der Waals surface area contributed by atoms with E-state index in [4.69, 9.17) is 0 Å². The van der Waals surface area contributed by atoms with E-state index in [1.54, 1.807) is 6.26 Å². The second kappa shape index (κ2) is 4.00. The lowest BCUT2D eigenvalue weighted by Crippen LogP contribution is -2.24. The van der Waals surface area contributed by atoms with E-state index in [0.717, 1.165) is 19.3 Å². The van der Waals surface area contributed by atoms with Crippen molar-refractivity contribution in [2.45, 2.75) is 25.7 Å². The summed E-state index contributed by atoms with van der Waals surface area (Å²) in [6, 6.07) is 0. The Balaban J connectivity index is 2.42. The Bertz CT molecular complexity index is 177. The Morgan fingerprint density at radius 3 is 2.82 bits per heavy atom. The van der Waals surface area contributed by atoms with Gasteiger partial charge < -0.3 is 0 Å². The lowest BCUT2D eigenvalue weighted by atomic mass is 9.89. The normalized spacial score (nSPS) is 28.5. The van der Waals surface area contributed by atoms with Crippen LogP contribution in [0, 0.1) is 5.92 Å². The van der Waals surface area contributed by atoms with Crippen LogP contribution in [-0.4, -0.2) is 22.0 Å². The smallest absolute Gasteiger partial charge is 0.136 e. The molecule has 1 aliphatic rings. The summed E-state index contributed by atoms with van der Waals surface area (Å²) in [5, 5.41) is 0. The summed E-state index contributed by atoms with van der Waals surface area (Å²) in [6.07, 6.45) is 5.50. The summed E-state index contributed by atoms with van der Waals surface area (Å²) in [6.45, 7) is 0. The van der Waals surface area contributed by atoms with E-state index in [0.29, 0.717) is 18.0 Å². The van der Waals surface area contributed by atoms with Crippen LogP contribution in [0.2, 0.25) is 0 Å². The van der Waals surface area contributed by atoms with Crippen LogP contribution < -0.4 is 0 Å². The molecule has 2 nitrogen and oxygen atoms in total. The van der Waals surface area contributed by atoms with E-state index in [2.05, 4.69) is 0 Å². The third-order valence-corrected chi connectivity index (χ3v) is 2.99. The van der Waals surface area contributed by atoms with Crippen LogP contribution in [0.1, 0.15) is 25.7 Å². The molecule has 11 heavy (non-hydrogen) atoms. The van der Waals surface area contributed by atoms with Gasteiger partial charge in [-0.05, 0) is 12.8 Å². The van der Waals surface area contributed by atoms with Gasteiger partial charge in [-0.15, -0.1) is 0 Å². The summed E-state index contributed by atoms with van der Waals surface area (Å²) in [5.41, 5.74) is 0. The summed E-state index contributed by atoms with van der Waals surface area (Å²) in [7, 11) is -0.805. The maximum absolute atomic E-state index is 11.2. The number of rotatable bonds is 2. The third-order valence-electron chi connectivity index (χ3n) is 2.12. The predicted molar refractivity (Wildman–Crippen MR) is 45.9 cm³/mol. The minimum Gasteiger partial charge on any atom is -0.299 e. The number of carbonyl (C=O) groups is 1. The number of Topliss-reactive ketones (excluding diaryl/α,β-unsaturated/α-hetero) is 1. The minimum atomic E-state index is -0.805. The first kappa shape index (κ1) is 8.91. The highest BCUT2D eigenvalue weighted by molar-refractivity contribution is 7.84. The van der Waals surface area contributed by atoms with E-state index >= 15 is 0 Å². The molecule has 2 unspecified atom stereocenters. The second-order valence-corrected chi connectivity index (χ2v) is 4.63. The van der Waals surface area contributed by atoms with Crippen molar-refractivity contribution in [2.24, 2.45) is 5.92 Å². The van der Waals surface area contributed by atoms with Crippen molar-refractivity contribution >= 4 is 16.6 Å². The maximum Gasteiger partial charge on any atom is 0.136 e. The zero-order chi connectivity index (χ0) is 8.27. The molecule has 0 amide bonds.